The number of anilines is 1. The number of carbonyl (C=O) groups excluding carboxylic acids is 3. The Bertz CT molecular complexity index is 905. The Labute approximate surface area is 143 Å². The fourth-order valence-electron chi connectivity index (χ4n) is 2.69. The maximum Gasteiger partial charge on any atom is 0.336 e. The van der Waals surface area contributed by atoms with Crippen LogP contribution in [0.25, 0.3) is 11.0 Å². The summed E-state index contributed by atoms with van der Waals surface area (Å²) in [4.78, 5) is 49.9. The quantitative estimate of drug-likeness (QED) is 0.641. The van der Waals surface area contributed by atoms with Crippen LogP contribution in [0.15, 0.2) is 39.5 Å². The molecule has 8 nitrogen and oxygen atoms in total. The molecule has 0 unspecified atom stereocenters. The molecule has 2 aromatic rings. The summed E-state index contributed by atoms with van der Waals surface area (Å²) in [5, 5.41) is 3.35. The third-order valence-corrected chi connectivity index (χ3v) is 4.02. The fourth-order valence-corrected chi connectivity index (χ4v) is 2.69. The topological polar surface area (TPSA) is 99.9 Å². The van der Waals surface area contributed by atoms with Gasteiger partial charge in [-0.15, -0.1) is 0 Å². The highest BCUT2D eigenvalue weighted by atomic mass is 16.4. The first-order valence-corrected chi connectivity index (χ1v) is 7.90. The van der Waals surface area contributed by atoms with Crippen molar-refractivity contribution in [3.8, 4) is 0 Å². The van der Waals surface area contributed by atoms with Gasteiger partial charge in [-0.25, -0.2) is 4.79 Å². The standard InChI is InChI=1S/C17H17N3O5/c1-2-19-7-8-20(17(24)16(19)23)10-14(21)18-12-4-5-13-11(9-12)3-6-15(22)25-13/h3-6,9H,2,7-8,10H2,1H3,(H,18,21). The van der Waals surface area contributed by atoms with E-state index in [1.807, 2.05) is 0 Å². The molecule has 3 rings (SSSR count). The van der Waals surface area contributed by atoms with Crippen LogP contribution in [-0.2, 0) is 14.4 Å². The highest BCUT2D eigenvalue weighted by Crippen LogP contribution is 2.17. The molecule has 3 amide bonds. The molecule has 1 aromatic heterocycles. The van der Waals surface area contributed by atoms with Crippen molar-refractivity contribution in [1.82, 2.24) is 9.80 Å². The van der Waals surface area contributed by atoms with E-state index in [4.69, 9.17) is 4.42 Å². The van der Waals surface area contributed by atoms with Crippen LogP contribution in [0.2, 0.25) is 0 Å². The number of nitrogens with one attached hydrogen (secondary N) is 1. The molecular formula is C17H17N3O5. The Morgan fingerprint density at radius 3 is 2.56 bits per heavy atom. The second kappa shape index (κ2) is 6.76. The Balaban J connectivity index is 1.66. The van der Waals surface area contributed by atoms with Gasteiger partial charge in [-0.2, -0.15) is 0 Å². The van der Waals surface area contributed by atoms with E-state index in [2.05, 4.69) is 5.32 Å². The van der Waals surface area contributed by atoms with Crippen LogP contribution in [0, 0.1) is 0 Å². The number of rotatable bonds is 4. The number of fused-ring (bicyclic) bond motifs is 1. The predicted molar refractivity (Wildman–Crippen MR) is 89.9 cm³/mol. The zero-order chi connectivity index (χ0) is 18.0. The monoisotopic (exact) mass is 343 g/mol. The van der Waals surface area contributed by atoms with E-state index < -0.39 is 23.3 Å². The van der Waals surface area contributed by atoms with Crippen LogP contribution < -0.4 is 10.9 Å². The molecule has 1 N–H and O–H groups in total. The number of amides is 3. The summed E-state index contributed by atoms with van der Waals surface area (Å²) in [5.74, 6) is -1.64. The summed E-state index contributed by atoms with van der Waals surface area (Å²) in [5.41, 5.74) is 0.484. The van der Waals surface area contributed by atoms with Gasteiger partial charge in [0.15, 0.2) is 0 Å². The van der Waals surface area contributed by atoms with Crippen molar-refractivity contribution >= 4 is 34.4 Å². The molecule has 0 saturated carbocycles. The van der Waals surface area contributed by atoms with Crippen LogP contribution in [0.1, 0.15) is 6.92 Å². The van der Waals surface area contributed by atoms with E-state index >= 15 is 0 Å². The van der Waals surface area contributed by atoms with E-state index in [9.17, 15) is 19.2 Å². The Morgan fingerprint density at radius 2 is 1.80 bits per heavy atom. The Hall–Kier alpha value is -3.16. The molecule has 1 aliphatic heterocycles. The van der Waals surface area contributed by atoms with Crippen LogP contribution in [-0.4, -0.2) is 53.7 Å². The minimum Gasteiger partial charge on any atom is -0.423 e. The number of hydrogen-bond donors (Lipinski definition) is 1. The summed E-state index contributed by atoms with van der Waals surface area (Å²) in [7, 11) is 0. The first-order chi connectivity index (χ1) is 12.0. The van der Waals surface area contributed by atoms with Crippen molar-refractivity contribution < 1.29 is 18.8 Å². The zero-order valence-corrected chi connectivity index (χ0v) is 13.7. The molecule has 1 aromatic carbocycles. The Kier molecular flexibility index (Phi) is 4.51. The molecule has 1 aliphatic rings. The van der Waals surface area contributed by atoms with Gasteiger partial charge in [-0.05, 0) is 31.2 Å². The summed E-state index contributed by atoms with van der Waals surface area (Å²) in [6, 6.07) is 7.75. The highest BCUT2D eigenvalue weighted by molar-refractivity contribution is 6.35. The van der Waals surface area contributed by atoms with Gasteiger partial charge in [0.25, 0.3) is 0 Å². The van der Waals surface area contributed by atoms with E-state index in [-0.39, 0.29) is 6.54 Å². The number of hydrogen-bond acceptors (Lipinski definition) is 5. The average molecular weight is 343 g/mol. The first-order valence-electron chi connectivity index (χ1n) is 7.90. The van der Waals surface area contributed by atoms with Crippen LogP contribution in [0.5, 0.6) is 0 Å². The molecule has 2 heterocycles. The molecule has 0 aliphatic carbocycles. The number of carbonyl (C=O) groups is 3. The molecule has 0 radical (unpaired) electrons. The van der Waals surface area contributed by atoms with Crippen molar-refractivity contribution in [2.24, 2.45) is 0 Å². The second-order valence-electron chi connectivity index (χ2n) is 5.67. The lowest BCUT2D eigenvalue weighted by atomic mass is 10.2. The highest BCUT2D eigenvalue weighted by Gasteiger charge is 2.32. The zero-order valence-electron chi connectivity index (χ0n) is 13.7. The van der Waals surface area contributed by atoms with Crippen molar-refractivity contribution in [2.75, 3.05) is 31.5 Å². The summed E-state index contributed by atoms with van der Waals surface area (Å²) in [6.45, 7) is 2.83. The van der Waals surface area contributed by atoms with Crippen molar-refractivity contribution in [2.45, 2.75) is 6.92 Å². The summed E-state index contributed by atoms with van der Waals surface area (Å²) >= 11 is 0. The van der Waals surface area contributed by atoms with Crippen LogP contribution in [0.3, 0.4) is 0 Å². The lowest BCUT2D eigenvalue weighted by Crippen LogP contribution is -2.55. The van der Waals surface area contributed by atoms with E-state index in [0.29, 0.717) is 36.3 Å². The van der Waals surface area contributed by atoms with Crippen LogP contribution in [0.4, 0.5) is 5.69 Å². The molecule has 0 bridgehead atoms. The molecule has 1 fully saturated rings. The lowest BCUT2D eigenvalue weighted by Gasteiger charge is -2.32. The summed E-state index contributed by atoms with van der Waals surface area (Å²) in [6.07, 6.45) is 0. The molecule has 1 saturated heterocycles. The maximum atomic E-state index is 12.2. The van der Waals surface area contributed by atoms with Gasteiger partial charge in [-0.1, -0.05) is 0 Å². The minimum absolute atomic E-state index is 0.190. The summed E-state index contributed by atoms with van der Waals surface area (Å²) < 4.78 is 5.03. The van der Waals surface area contributed by atoms with Crippen molar-refractivity contribution in [1.29, 1.82) is 0 Å². The number of likely N-dealkylation sites (N-methyl/N-ethyl adjacent to an activating group) is 1. The minimum atomic E-state index is -0.663. The van der Waals surface area contributed by atoms with Gasteiger partial charge in [0.05, 0.1) is 0 Å². The number of piperazine rings is 1. The van der Waals surface area contributed by atoms with E-state index in [0.717, 1.165) is 0 Å². The van der Waals surface area contributed by atoms with Gasteiger partial charge < -0.3 is 19.5 Å². The van der Waals surface area contributed by atoms with Gasteiger partial charge in [0.1, 0.15) is 12.1 Å². The van der Waals surface area contributed by atoms with Crippen molar-refractivity contribution in [3.05, 3.63) is 40.8 Å². The van der Waals surface area contributed by atoms with Crippen molar-refractivity contribution in [3.63, 3.8) is 0 Å². The molecule has 0 atom stereocenters. The van der Waals surface area contributed by atoms with E-state index in [1.54, 1.807) is 31.2 Å². The fraction of sp³-hybridized carbons (Fsp3) is 0.294. The smallest absolute Gasteiger partial charge is 0.336 e. The molecule has 130 valence electrons. The van der Waals surface area contributed by atoms with Gasteiger partial charge in [0, 0.05) is 36.8 Å². The Morgan fingerprint density at radius 1 is 1.08 bits per heavy atom. The van der Waals surface area contributed by atoms with E-state index in [1.165, 1.54) is 15.9 Å². The SMILES string of the molecule is CCN1CCN(CC(=O)Nc2ccc3oc(=O)ccc3c2)C(=O)C1=O. The van der Waals surface area contributed by atoms with Gasteiger partial charge >= 0.3 is 17.4 Å². The predicted octanol–water partition coefficient (Wildman–Crippen LogP) is 0.422. The third kappa shape index (κ3) is 3.52. The lowest BCUT2D eigenvalue weighted by molar-refractivity contribution is -0.156. The molecule has 25 heavy (non-hydrogen) atoms. The number of nitrogens with zero attached hydrogens (tertiary/aromatic N) is 2. The number of benzene rings is 1. The van der Waals surface area contributed by atoms with Gasteiger partial charge in [-0.3, -0.25) is 14.4 Å². The third-order valence-electron chi connectivity index (χ3n) is 4.02. The van der Waals surface area contributed by atoms with Crippen LogP contribution >= 0.6 is 0 Å². The maximum absolute atomic E-state index is 12.2. The largest absolute Gasteiger partial charge is 0.423 e. The van der Waals surface area contributed by atoms with Gasteiger partial charge in [0.2, 0.25) is 5.91 Å². The molecule has 8 heteroatoms. The normalized spacial score (nSPS) is 14.9. The first kappa shape index (κ1) is 16.7. The molecule has 0 spiro atoms. The molecular weight excluding hydrogens is 326 g/mol. The second-order valence-corrected chi connectivity index (χ2v) is 5.67. The average Bonchev–Trinajstić information content (AvgIpc) is 2.59.